The molecule has 21 heavy (non-hydrogen) atoms. The molecule has 0 aliphatic rings. The number of rotatable bonds is 8. The van der Waals surface area contributed by atoms with E-state index >= 15 is 0 Å². The van der Waals surface area contributed by atoms with Crippen LogP contribution < -0.4 is 5.32 Å². The van der Waals surface area contributed by atoms with E-state index in [9.17, 15) is 13.2 Å². The number of hydrogen-bond acceptors (Lipinski definition) is 4. The summed E-state index contributed by atoms with van der Waals surface area (Å²) < 4.78 is 25.0. The first-order valence-corrected chi connectivity index (χ1v) is 8.18. The molecular weight excluding hydrogens is 292 g/mol. The summed E-state index contributed by atoms with van der Waals surface area (Å²) >= 11 is 0. The van der Waals surface area contributed by atoms with Crippen LogP contribution in [0.3, 0.4) is 0 Å². The number of sulfonamides is 1. The summed E-state index contributed by atoms with van der Waals surface area (Å²) in [6.45, 7) is 2.33. The number of anilines is 1. The highest BCUT2D eigenvalue weighted by Gasteiger charge is 2.16. The molecule has 0 amide bonds. The third-order valence-electron chi connectivity index (χ3n) is 3.20. The van der Waals surface area contributed by atoms with Gasteiger partial charge in [-0.05, 0) is 37.1 Å². The molecule has 1 aromatic carbocycles. The van der Waals surface area contributed by atoms with Gasteiger partial charge in [0.15, 0.2) is 0 Å². The van der Waals surface area contributed by atoms with Gasteiger partial charge in [-0.2, -0.15) is 0 Å². The molecule has 0 aliphatic heterocycles. The van der Waals surface area contributed by atoms with Gasteiger partial charge < -0.3 is 10.4 Å². The lowest BCUT2D eigenvalue weighted by Crippen LogP contribution is -2.22. The van der Waals surface area contributed by atoms with Gasteiger partial charge in [-0.3, -0.25) is 4.79 Å². The summed E-state index contributed by atoms with van der Waals surface area (Å²) in [7, 11) is -0.417. The molecule has 0 aromatic heterocycles. The Labute approximate surface area is 125 Å². The maximum Gasteiger partial charge on any atom is 0.306 e. The van der Waals surface area contributed by atoms with Crippen LogP contribution >= 0.6 is 0 Å². The normalized spacial score (nSPS) is 13.1. The lowest BCUT2D eigenvalue weighted by atomic mass is 10.1. The van der Waals surface area contributed by atoms with Crippen LogP contribution in [-0.2, 0) is 14.8 Å². The zero-order valence-corrected chi connectivity index (χ0v) is 13.4. The van der Waals surface area contributed by atoms with Gasteiger partial charge in [0.1, 0.15) is 0 Å². The monoisotopic (exact) mass is 314 g/mol. The standard InChI is InChI=1S/C14H22N2O4S/c1-11(14(17)18)5-4-10-15-12-6-8-13(9-7-12)21(19,20)16(2)3/h6-9,11,15H,4-5,10H2,1-3H3,(H,17,18). The van der Waals surface area contributed by atoms with Crippen molar-refractivity contribution in [1.82, 2.24) is 4.31 Å². The average molecular weight is 314 g/mol. The van der Waals surface area contributed by atoms with Gasteiger partial charge in [-0.25, -0.2) is 12.7 Å². The minimum absolute atomic E-state index is 0.248. The van der Waals surface area contributed by atoms with E-state index in [4.69, 9.17) is 5.11 Å². The Morgan fingerprint density at radius 1 is 1.29 bits per heavy atom. The first kappa shape index (κ1) is 17.5. The van der Waals surface area contributed by atoms with Gasteiger partial charge in [-0.15, -0.1) is 0 Å². The number of nitrogens with zero attached hydrogens (tertiary/aromatic N) is 1. The fourth-order valence-electron chi connectivity index (χ4n) is 1.72. The van der Waals surface area contributed by atoms with E-state index in [0.717, 1.165) is 12.1 Å². The van der Waals surface area contributed by atoms with Crippen molar-refractivity contribution in [1.29, 1.82) is 0 Å². The smallest absolute Gasteiger partial charge is 0.306 e. The summed E-state index contributed by atoms with van der Waals surface area (Å²) in [5.41, 5.74) is 0.815. The number of carboxylic acids is 1. The SMILES string of the molecule is CC(CCCNc1ccc(S(=O)(=O)N(C)C)cc1)C(=O)O. The summed E-state index contributed by atoms with van der Waals surface area (Å²) in [5, 5.41) is 11.9. The first-order chi connectivity index (χ1) is 9.75. The van der Waals surface area contributed by atoms with E-state index in [2.05, 4.69) is 5.32 Å². The molecule has 118 valence electrons. The highest BCUT2D eigenvalue weighted by molar-refractivity contribution is 7.89. The van der Waals surface area contributed by atoms with Crippen LogP contribution in [0.5, 0.6) is 0 Å². The Morgan fingerprint density at radius 2 is 1.86 bits per heavy atom. The summed E-state index contributed by atoms with van der Waals surface area (Å²) in [5.74, 6) is -1.13. The quantitative estimate of drug-likeness (QED) is 0.715. The lowest BCUT2D eigenvalue weighted by molar-refractivity contribution is -0.141. The van der Waals surface area contributed by atoms with Crippen LogP contribution in [0.4, 0.5) is 5.69 Å². The molecule has 0 heterocycles. The molecule has 1 unspecified atom stereocenters. The number of nitrogens with one attached hydrogen (secondary N) is 1. The highest BCUT2D eigenvalue weighted by Crippen LogP contribution is 2.16. The molecule has 0 bridgehead atoms. The van der Waals surface area contributed by atoms with Crippen molar-refractivity contribution in [2.45, 2.75) is 24.7 Å². The second-order valence-electron chi connectivity index (χ2n) is 5.12. The molecule has 0 radical (unpaired) electrons. The Kier molecular flexibility index (Phi) is 6.17. The Hall–Kier alpha value is -1.60. The molecule has 0 saturated heterocycles. The third kappa shape index (κ3) is 5.02. The van der Waals surface area contributed by atoms with E-state index in [0.29, 0.717) is 13.0 Å². The fraction of sp³-hybridized carbons (Fsp3) is 0.500. The van der Waals surface area contributed by atoms with Crippen LogP contribution in [0.15, 0.2) is 29.2 Å². The zero-order chi connectivity index (χ0) is 16.0. The summed E-state index contributed by atoms with van der Waals surface area (Å²) in [6.07, 6.45) is 1.35. The first-order valence-electron chi connectivity index (χ1n) is 6.74. The van der Waals surface area contributed by atoms with Crippen molar-refractivity contribution >= 4 is 21.7 Å². The van der Waals surface area contributed by atoms with Crippen LogP contribution in [0.2, 0.25) is 0 Å². The maximum absolute atomic E-state index is 11.9. The Balaban J connectivity index is 2.51. The van der Waals surface area contributed by atoms with E-state index in [1.54, 1.807) is 31.2 Å². The molecule has 6 nitrogen and oxygen atoms in total. The number of carboxylic acid groups (broad SMARTS) is 1. The van der Waals surface area contributed by atoms with E-state index in [-0.39, 0.29) is 10.8 Å². The Bertz CT molecular complexity index is 567. The van der Waals surface area contributed by atoms with Gasteiger partial charge in [0.2, 0.25) is 10.0 Å². The largest absolute Gasteiger partial charge is 0.481 e. The maximum atomic E-state index is 11.9. The van der Waals surface area contributed by atoms with Crippen LogP contribution in [-0.4, -0.2) is 44.4 Å². The molecule has 0 saturated carbocycles. The van der Waals surface area contributed by atoms with E-state index < -0.39 is 16.0 Å². The van der Waals surface area contributed by atoms with Gasteiger partial charge >= 0.3 is 5.97 Å². The second kappa shape index (κ2) is 7.42. The van der Waals surface area contributed by atoms with Crippen LogP contribution in [0.25, 0.3) is 0 Å². The zero-order valence-electron chi connectivity index (χ0n) is 12.5. The molecule has 1 aromatic rings. The van der Waals surface area contributed by atoms with Gasteiger partial charge in [-0.1, -0.05) is 6.92 Å². The molecule has 0 fully saturated rings. The molecule has 0 aliphatic carbocycles. The van der Waals surface area contributed by atoms with E-state index in [1.165, 1.54) is 18.4 Å². The number of carbonyl (C=O) groups is 1. The summed E-state index contributed by atoms with van der Waals surface area (Å²) in [4.78, 5) is 10.9. The number of hydrogen-bond donors (Lipinski definition) is 2. The molecule has 0 spiro atoms. The topological polar surface area (TPSA) is 86.7 Å². The van der Waals surface area contributed by atoms with Crippen molar-refractivity contribution in [3.05, 3.63) is 24.3 Å². The van der Waals surface area contributed by atoms with Crippen molar-refractivity contribution in [3.8, 4) is 0 Å². The minimum atomic E-state index is -3.40. The predicted octanol–water partition coefficient (Wildman–Crippen LogP) is 1.85. The highest BCUT2D eigenvalue weighted by atomic mass is 32.2. The van der Waals surface area contributed by atoms with Gasteiger partial charge in [0.25, 0.3) is 0 Å². The molecule has 7 heteroatoms. The fourth-order valence-corrected chi connectivity index (χ4v) is 2.62. The number of aliphatic carboxylic acids is 1. The van der Waals surface area contributed by atoms with Crippen molar-refractivity contribution in [2.75, 3.05) is 26.0 Å². The van der Waals surface area contributed by atoms with Gasteiger partial charge in [0.05, 0.1) is 10.8 Å². The van der Waals surface area contributed by atoms with Crippen molar-refractivity contribution < 1.29 is 18.3 Å². The minimum Gasteiger partial charge on any atom is -0.481 e. The molecule has 1 atom stereocenters. The van der Waals surface area contributed by atoms with Crippen LogP contribution in [0.1, 0.15) is 19.8 Å². The van der Waals surface area contributed by atoms with Crippen LogP contribution in [0, 0.1) is 5.92 Å². The van der Waals surface area contributed by atoms with Crippen molar-refractivity contribution in [2.24, 2.45) is 5.92 Å². The molecule has 1 rings (SSSR count). The summed E-state index contributed by atoms with van der Waals surface area (Å²) in [6, 6.07) is 6.52. The molecule has 2 N–H and O–H groups in total. The van der Waals surface area contributed by atoms with Gasteiger partial charge in [0, 0.05) is 26.3 Å². The predicted molar refractivity (Wildman–Crippen MR) is 81.8 cm³/mol. The lowest BCUT2D eigenvalue weighted by Gasteiger charge is -2.12. The second-order valence-corrected chi connectivity index (χ2v) is 7.27. The third-order valence-corrected chi connectivity index (χ3v) is 5.03. The van der Waals surface area contributed by atoms with E-state index in [1.807, 2.05) is 0 Å². The number of benzene rings is 1. The average Bonchev–Trinajstić information content (AvgIpc) is 2.43. The Morgan fingerprint density at radius 3 is 2.33 bits per heavy atom. The van der Waals surface area contributed by atoms with Crippen molar-refractivity contribution in [3.63, 3.8) is 0 Å². The molecular formula is C14H22N2O4S.